The number of nitrogens with one attached hydrogen (secondary N) is 1. The summed E-state index contributed by atoms with van der Waals surface area (Å²) in [4.78, 5) is 0. The Hall–Kier alpha value is -1.48. The van der Waals surface area contributed by atoms with Crippen LogP contribution in [0, 0.1) is 5.92 Å². The van der Waals surface area contributed by atoms with Crippen molar-refractivity contribution in [2.75, 3.05) is 27.8 Å². The molecule has 0 saturated heterocycles. The van der Waals surface area contributed by atoms with Gasteiger partial charge < -0.3 is 14.8 Å². The molecule has 0 saturated carbocycles. The highest BCUT2D eigenvalue weighted by Gasteiger charge is 2.07. The highest BCUT2D eigenvalue weighted by atomic mass is 16.5. The van der Waals surface area contributed by atoms with Gasteiger partial charge in [0.25, 0.3) is 0 Å². The number of methoxy groups -OCH3 is 2. The molecule has 0 fully saturated rings. The molecule has 1 N–H and O–H groups in total. The molecular weight excluding hydrogens is 226 g/mol. The molecule has 1 rings (SSSR count). The van der Waals surface area contributed by atoms with Crippen LogP contribution in [-0.2, 0) is 0 Å². The molecule has 0 bridgehead atoms. The largest absolute Gasteiger partial charge is 0.497 e. The molecule has 0 aliphatic carbocycles. The van der Waals surface area contributed by atoms with Crippen molar-refractivity contribution in [1.29, 1.82) is 0 Å². The van der Waals surface area contributed by atoms with Gasteiger partial charge in [-0.15, -0.1) is 0 Å². The predicted octanol–water partition coefficient (Wildman–Crippen LogP) is 2.96. The summed E-state index contributed by atoms with van der Waals surface area (Å²) >= 11 is 0. The topological polar surface area (TPSA) is 30.5 Å². The third kappa shape index (κ3) is 3.77. The monoisotopic (exact) mass is 249 g/mol. The van der Waals surface area contributed by atoms with Crippen LogP contribution in [-0.4, -0.2) is 27.8 Å². The van der Waals surface area contributed by atoms with E-state index in [-0.39, 0.29) is 0 Å². The summed E-state index contributed by atoms with van der Waals surface area (Å²) in [5, 5.41) is 3.20. The van der Waals surface area contributed by atoms with E-state index < -0.39 is 0 Å². The Morgan fingerprint density at radius 2 is 2.00 bits per heavy atom. The Balaban J connectivity index is 3.11. The van der Waals surface area contributed by atoms with Gasteiger partial charge in [0.15, 0.2) is 0 Å². The number of ether oxygens (including phenoxy) is 2. The molecule has 3 nitrogen and oxygen atoms in total. The number of likely N-dealkylation sites (N-methyl/N-ethyl adjacent to an activating group) is 1. The summed E-state index contributed by atoms with van der Waals surface area (Å²) < 4.78 is 10.6. The minimum Gasteiger partial charge on any atom is -0.497 e. The zero-order valence-electron chi connectivity index (χ0n) is 11.9. The second-order valence-electron chi connectivity index (χ2n) is 4.51. The van der Waals surface area contributed by atoms with Gasteiger partial charge in [0, 0.05) is 18.2 Å². The van der Waals surface area contributed by atoms with Crippen molar-refractivity contribution in [3.8, 4) is 11.5 Å². The van der Waals surface area contributed by atoms with Gasteiger partial charge in [0.2, 0.25) is 0 Å². The van der Waals surface area contributed by atoms with Gasteiger partial charge in [-0.25, -0.2) is 0 Å². The van der Waals surface area contributed by atoms with E-state index in [1.165, 1.54) is 5.57 Å². The van der Waals surface area contributed by atoms with E-state index in [0.717, 1.165) is 23.6 Å². The molecule has 100 valence electrons. The highest BCUT2D eigenvalue weighted by Crippen LogP contribution is 2.27. The van der Waals surface area contributed by atoms with Crippen molar-refractivity contribution in [1.82, 2.24) is 5.32 Å². The Morgan fingerprint density at radius 1 is 1.28 bits per heavy atom. The SMILES string of the molecule is CNCC(=Cc1ccc(OC)cc1OC)C(C)C. The summed E-state index contributed by atoms with van der Waals surface area (Å²) in [5.74, 6) is 2.15. The normalized spacial score (nSPS) is 11.8. The maximum Gasteiger partial charge on any atom is 0.129 e. The van der Waals surface area contributed by atoms with Gasteiger partial charge in [-0.05, 0) is 25.1 Å². The first kappa shape index (κ1) is 14.6. The molecule has 0 atom stereocenters. The quantitative estimate of drug-likeness (QED) is 0.840. The zero-order chi connectivity index (χ0) is 13.5. The number of hydrogen-bond donors (Lipinski definition) is 1. The fraction of sp³-hybridized carbons (Fsp3) is 0.467. The van der Waals surface area contributed by atoms with Crippen molar-refractivity contribution in [2.45, 2.75) is 13.8 Å². The number of benzene rings is 1. The molecule has 3 heteroatoms. The maximum atomic E-state index is 5.40. The molecule has 0 radical (unpaired) electrons. The standard InChI is InChI=1S/C15H23NO2/c1-11(2)13(10-16-3)8-12-6-7-14(17-4)9-15(12)18-5/h6-9,11,16H,10H2,1-5H3. The van der Waals surface area contributed by atoms with Crippen LogP contribution in [0.4, 0.5) is 0 Å². The van der Waals surface area contributed by atoms with Gasteiger partial charge in [0.05, 0.1) is 14.2 Å². The molecule has 1 aromatic rings. The average Bonchev–Trinajstić information content (AvgIpc) is 2.38. The molecule has 0 aliphatic rings. The van der Waals surface area contributed by atoms with Crippen LogP contribution in [0.5, 0.6) is 11.5 Å². The van der Waals surface area contributed by atoms with Gasteiger partial charge in [-0.2, -0.15) is 0 Å². The molecule has 0 heterocycles. The van der Waals surface area contributed by atoms with E-state index >= 15 is 0 Å². The lowest BCUT2D eigenvalue weighted by atomic mass is 10.00. The molecular formula is C15H23NO2. The van der Waals surface area contributed by atoms with E-state index in [9.17, 15) is 0 Å². The Bertz CT molecular complexity index is 411. The summed E-state index contributed by atoms with van der Waals surface area (Å²) in [6.07, 6.45) is 2.18. The van der Waals surface area contributed by atoms with Crippen molar-refractivity contribution in [3.05, 3.63) is 29.3 Å². The van der Waals surface area contributed by atoms with Crippen LogP contribution in [0.3, 0.4) is 0 Å². The minimum atomic E-state index is 0.504. The zero-order valence-corrected chi connectivity index (χ0v) is 11.9. The minimum absolute atomic E-state index is 0.504. The fourth-order valence-corrected chi connectivity index (χ4v) is 1.76. The lowest BCUT2D eigenvalue weighted by Crippen LogP contribution is -2.13. The van der Waals surface area contributed by atoms with Crippen LogP contribution in [0.15, 0.2) is 23.8 Å². The molecule has 0 aliphatic heterocycles. The van der Waals surface area contributed by atoms with E-state index in [2.05, 4.69) is 25.2 Å². The van der Waals surface area contributed by atoms with Crippen molar-refractivity contribution < 1.29 is 9.47 Å². The highest BCUT2D eigenvalue weighted by molar-refractivity contribution is 5.62. The van der Waals surface area contributed by atoms with Crippen molar-refractivity contribution in [3.63, 3.8) is 0 Å². The van der Waals surface area contributed by atoms with Crippen molar-refractivity contribution >= 4 is 6.08 Å². The molecule has 0 spiro atoms. The summed E-state index contributed by atoms with van der Waals surface area (Å²) in [5.41, 5.74) is 2.43. The van der Waals surface area contributed by atoms with E-state index in [4.69, 9.17) is 9.47 Å². The predicted molar refractivity (Wildman–Crippen MR) is 76.3 cm³/mol. The van der Waals surface area contributed by atoms with Gasteiger partial charge in [0.1, 0.15) is 11.5 Å². The third-order valence-electron chi connectivity index (χ3n) is 2.90. The fourth-order valence-electron chi connectivity index (χ4n) is 1.76. The van der Waals surface area contributed by atoms with Gasteiger partial charge in [-0.3, -0.25) is 0 Å². The molecule has 1 aromatic carbocycles. The summed E-state index contributed by atoms with van der Waals surface area (Å²) in [7, 11) is 5.30. The average molecular weight is 249 g/mol. The molecule has 0 amide bonds. The number of rotatable bonds is 6. The number of hydrogen-bond acceptors (Lipinski definition) is 3. The first-order valence-corrected chi connectivity index (χ1v) is 6.19. The first-order chi connectivity index (χ1) is 8.62. The third-order valence-corrected chi connectivity index (χ3v) is 2.90. The van der Waals surface area contributed by atoms with E-state index in [1.54, 1.807) is 14.2 Å². The second kappa shape index (κ2) is 7.07. The Morgan fingerprint density at radius 3 is 2.50 bits per heavy atom. The van der Waals surface area contributed by atoms with Crippen LogP contribution in [0.2, 0.25) is 0 Å². The molecule has 0 unspecified atom stereocenters. The van der Waals surface area contributed by atoms with E-state index in [1.807, 2.05) is 25.2 Å². The first-order valence-electron chi connectivity index (χ1n) is 6.19. The van der Waals surface area contributed by atoms with Crippen LogP contribution in [0.25, 0.3) is 6.08 Å². The molecule has 18 heavy (non-hydrogen) atoms. The Labute approximate surface area is 110 Å². The smallest absolute Gasteiger partial charge is 0.129 e. The Kier molecular flexibility index (Phi) is 5.72. The lowest BCUT2D eigenvalue weighted by molar-refractivity contribution is 0.393. The second-order valence-corrected chi connectivity index (χ2v) is 4.51. The molecule has 0 aromatic heterocycles. The van der Waals surface area contributed by atoms with Crippen LogP contribution in [0.1, 0.15) is 19.4 Å². The van der Waals surface area contributed by atoms with Gasteiger partial charge in [-0.1, -0.05) is 25.5 Å². The van der Waals surface area contributed by atoms with Crippen LogP contribution < -0.4 is 14.8 Å². The summed E-state index contributed by atoms with van der Waals surface area (Å²) in [6, 6.07) is 5.88. The van der Waals surface area contributed by atoms with Gasteiger partial charge >= 0.3 is 0 Å². The van der Waals surface area contributed by atoms with Crippen molar-refractivity contribution in [2.24, 2.45) is 5.92 Å². The van der Waals surface area contributed by atoms with E-state index in [0.29, 0.717) is 5.92 Å². The summed E-state index contributed by atoms with van der Waals surface area (Å²) in [6.45, 7) is 5.27. The lowest BCUT2D eigenvalue weighted by Gasteiger charge is -2.13. The van der Waals surface area contributed by atoms with Crippen LogP contribution >= 0.6 is 0 Å². The maximum absolute atomic E-state index is 5.40.